The van der Waals surface area contributed by atoms with E-state index in [2.05, 4.69) is 77.3 Å². The van der Waals surface area contributed by atoms with Gasteiger partial charge in [-0.15, -0.1) is 0 Å². The third kappa shape index (κ3) is 3.33. The van der Waals surface area contributed by atoms with E-state index in [1.165, 1.54) is 16.3 Å². The Morgan fingerprint density at radius 3 is 2.48 bits per heavy atom. The second-order valence-corrected chi connectivity index (χ2v) is 6.70. The molecule has 1 atom stereocenters. The first-order valence-corrected chi connectivity index (χ1v) is 8.29. The van der Waals surface area contributed by atoms with Crippen LogP contribution in [0.4, 0.5) is 5.69 Å². The Labute approximate surface area is 143 Å². The van der Waals surface area contributed by atoms with E-state index in [0.717, 1.165) is 14.3 Å². The zero-order valence-corrected chi connectivity index (χ0v) is 14.5. The van der Waals surface area contributed by atoms with Crippen LogP contribution in [-0.2, 0) is 0 Å². The summed E-state index contributed by atoms with van der Waals surface area (Å²) in [6.45, 7) is 2.18. The molecule has 3 heteroatoms. The van der Waals surface area contributed by atoms with Crippen LogP contribution < -0.4 is 5.32 Å². The second-order valence-electron chi connectivity index (χ2n) is 5.10. The van der Waals surface area contributed by atoms with Crippen molar-refractivity contribution in [1.29, 1.82) is 0 Å². The van der Waals surface area contributed by atoms with Crippen LogP contribution in [-0.4, -0.2) is 0 Å². The molecule has 0 amide bonds. The van der Waals surface area contributed by atoms with Crippen molar-refractivity contribution in [2.24, 2.45) is 0 Å². The highest BCUT2D eigenvalue weighted by Crippen LogP contribution is 2.27. The molecule has 0 aliphatic carbocycles. The first kappa shape index (κ1) is 14.7. The number of fused-ring (bicyclic) bond motifs is 1. The molecule has 3 rings (SSSR count). The van der Waals surface area contributed by atoms with Gasteiger partial charge < -0.3 is 5.32 Å². The van der Waals surface area contributed by atoms with Gasteiger partial charge in [-0.1, -0.05) is 48.0 Å². The van der Waals surface area contributed by atoms with E-state index in [1.807, 2.05) is 18.2 Å². The fraction of sp³-hybridized carbons (Fsp3) is 0.111. The van der Waals surface area contributed by atoms with Crippen molar-refractivity contribution in [3.8, 4) is 0 Å². The molecule has 3 aromatic carbocycles. The highest BCUT2D eigenvalue weighted by molar-refractivity contribution is 14.1. The van der Waals surface area contributed by atoms with Gasteiger partial charge in [0.15, 0.2) is 0 Å². The summed E-state index contributed by atoms with van der Waals surface area (Å²) in [6, 6.07) is 21.2. The summed E-state index contributed by atoms with van der Waals surface area (Å²) >= 11 is 8.31. The normalized spacial score (nSPS) is 12.3. The average Bonchev–Trinajstić information content (AvgIpc) is 2.49. The molecule has 0 aromatic heterocycles. The van der Waals surface area contributed by atoms with E-state index in [-0.39, 0.29) is 6.04 Å². The third-order valence-electron chi connectivity index (χ3n) is 3.58. The monoisotopic (exact) mass is 407 g/mol. The molecular weight excluding hydrogens is 393 g/mol. The maximum atomic E-state index is 6.00. The van der Waals surface area contributed by atoms with Gasteiger partial charge in [0.2, 0.25) is 0 Å². The molecule has 0 saturated carbocycles. The third-order valence-corrected chi connectivity index (χ3v) is 4.70. The minimum Gasteiger partial charge on any atom is -0.378 e. The number of benzene rings is 3. The first-order valence-electron chi connectivity index (χ1n) is 6.84. The van der Waals surface area contributed by atoms with Crippen molar-refractivity contribution < 1.29 is 0 Å². The van der Waals surface area contributed by atoms with Gasteiger partial charge in [-0.25, -0.2) is 0 Å². The minimum absolute atomic E-state index is 0.240. The van der Waals surface area contributed by atoms with Gasteiger partial charge >= 0.3 is 0 Å². The zero-order chi connectivity index (χ0) is 14.8. The Kier molecular flexibility index (Phi) is 4.36. The molecule has 0 fully saturated rings. The average molecular weight is 408 g/mol. The summed E-state index contributed by atoms with van der Waals surface area (Å²) in [6.07, 6.45) is 0. The van der Waals surface area contributed by atoms with E-state index in [4.69, 9.17) is 11.6 Å². The van der Waals surface area contributed by atoms with Crippen molar-refractivity contribution in [2.75, 3.05) is 5.32 Å². The molecule has 0 spiro atoms. The summed E-state index contributed by atoms with van der Waals surface area (Å²) in [5, 5.41) is 6.86. The van der Waals surface area contributed by atoms with E-state index >= 15 is 0 Å². The summed E-state index contributed by atoms with van der Waals surface area (Å²) in [7, 11) is 0. The SMILES string of the molecule is CC(Nc1ccc(Cl)cc1I)c1ccc2ccccc2c1. The van der Waals surface area contributed by atoms with Gasteiger partial charge in [-0.2, -0.15) is 0 Å². The molecule has 21 heavy (non-hydrogen) atoms. The molecule has 106 valence electrons. The largest absolute Gasteiger partial charge is 0.378 e. The molecule has 1 nitrogen and oxygen atoms in total. The van der Waals surface area contributed by atoms with Crippen molar-refractivity contribution in [2.45, 2.75) is 13.0 Å². The van der Waals surface area contributed by atoms with Crippen LogP contribution in [0.15, 0.2) is 60.7 Å². The van der Waals surface area contributed by atoms with E-state index in [9.17, 15) is 0 Å². The molecule has 3 aromatic rings. The first-order chi connectivity index (χ1) is 10.1. The minimum atomic E-state index is 0.240. The number of hydrogen-bond donors (Lipinski definition) is 1. The molecule has 0 heterocycles. The van der Waals surface area contributed by atoms with E-state index < -0.39 is 0 Å². The Hall–Kier alpha value is -1.26. The number of anilines is 1. The van der Waals surface area contributed by atoms with E-state index in [1.54, 1.807) is 0 Å². The van der Waals surface area contributed by atoms with Gasteiger partial charge in [0, 0.05) is 20.3 Å². The molecular formula is C18H15ClIN. The van der Waals surface area contributed by atoms with Gasteiger partial charge in [-0.05, 0) is 70.1 Å². The lowest BCUT2D eigenvalue weighted by molar-refractivity contribution is 0.885. The van der Waals surface area contributed by atoms with Gasteiger partial charge in [0.25, 0.3) is 0 Å². The number of hydrogen-bond acceptors (Lipinski definition) is 1. The van der Waals surface area contributed by atoms with Crippen LogP contribution in [0.5, 0.6) is 0 Å². The van der Waals surface area contributed by atoms with Gasteiger partial charge in [-0.3, -0.25) is 0 Å². The van der Waals surface area contributed by atoms with Crippen LogP contribution in [0.25, 0.3) is 10.8 Å². The lowest BCUT2D eigenvalue weighted by atomic mass is 10.0. The summed E-state index contributed by atoms with van der Waals surface area (Å²) in [4.78, 5) is 0. The van der Waals surface area contributed by atoms with Gasteiger partial charge in [0.05, 0.1) is 0 Å². The summed E-state index contributed by atoms with van der Waals surface area (Å²) in [5.74, 6) is 0. The summed E-state index contributed by atoms with van der Waals surface area (Å²) in [5.41, 5.74) is 2.39. The highest BCUT2D eigenvalue weighted by Gasteiger charge is 2.08. The Morgan fingerprint density at radius 2 is 1.71 bits per heavy atom. The molecule has 0 radical (unpaired) electrons. The van der Waals surface area contributed by atoms with Crippen LogP contribution in [0, 0.1) is 3.57 Å². The van der Waals surface area contributed by atoms with Crippen LogP contribution in [0.3, 0.4) is 0 Å². The van der Waals surface area contributed by atoms with Crippen LogP contribution >= 0.6 is 34.2 Å². The molecule has 0 aliphatic heterocycles. The predicted molar refractivity (Wildman–Crippen MR) is 100 cm³/mol. The maximum absolute atomic E-state index is 6.00. The number of rotatable bonds is 3. The molecule has 0 bridgehead atoms. The van der Waals surface area contributed by atoms with Crippen molar-refractivity contribution >= 4 is 50.7 Å². The molecule has 1 N–H and O–H groups in total. The molecule has 0 aliphatic rings. The zero-order valence-electron chi connectivity index (χ0n) is 11.6. The second kappa shape index (κ2) is 6.24. The lowest BCUT2D eigenvalue weighted by Gasteiger charge is -2.17. The molecule has 0 saturated heterocycles. The fourth-order valence-corrected chi connectivity index (χ4v) is 3.43. The standard InChI is InChI=1S/C18H15ClIN/c1-12(21-18-9-8-16(19)11-17(18)20)14-7-6-13-4-2-3-5-15(13)10-14/h2-12,21H,1H3. The van der Waals surface area contributed by atoms with Crippen molar-refractivity contribution in [3.63, 3.8) is 0 Å². The highest BCUT2D eigenvalue weighted by atomic mass is 127. The van der Waals surface area contributed by atoms with Gasteiger partial charge in [0.1, 0.15) is 0 Å². The Bertz CT molecular complexity index is 785. The van der Waals surface area contributed by atoms with Crippen molar-refractivity contribution in [3.05, 3.63) is 74.8 Å². The maximum Gasteiger partial charge on any atom is 0.0486 e. The van der Waals surface area contributed by atoms with Crippen LogP contribution in [0.2, 0.25) is 5.02 Å². The van der Waals surface area contributed by atoms with Crippen molar-refractivity contribution in [1.82, 2.24) is 0 Å². The van der Waals surface area contributed by atoms with E-state index in [0.29, 0.717) is 0 Å². The van der Waals surface area contributed by atoms with Crippen LogP contribution in [0.1, 0.15) is 18.5 Å². The number of halogens is 2. The molecule has 1 unspecified atom stereocenters. The number of nitrogens with one attached hydrogen (secondary N) is 1. The Balaban J connectivity index is 1.87. The topological polar surface area (TPSA) is 12.0 Å². The quantitative estimate of drug-likeness (QED) is 0.504. The lowest BCUT2D eigenvalue weighted by Crippen LogP contribution is -2.07. The Morgan fingerprint density at radius 1 is 0.952 bits per heavy atom. The smallest absolute Gasteiger partial charge is 0.0486 e. The summed E-state index contributed by atoms with van der Waals surface area (Å²) < 4.78 is 1.13. The predicted octanol–water partition coefficient (Wildman–Crippen LogP) is 6.27. The fourth-order valence-electron chi connectivity index (χ4n) is 2.40.